The van der Waals surface area contributed by atoms with Crippen LogP contribution in [0, 0.1) is 16.7 Å². The van der Waals surface area contributed by atoms with E-state index in [4.69, 9.17) is 5.14 Å². The lowest BCUT2D eigenvalue weighted by atomic mass is 9.68. The normalized spacial score (nSPS) is 34.1. The summed E-state index contributed by atoms with van der Waals surface area (Å²) in [6, 6.07) is 7.19. The highest BCUT2D eigenvalue weighted by atomic mass is 32.2. The van der Waals surface area contributed by atoms with Gasteiger partial charge in [-0.1, -0.05) is 26.8 Å². The van der Waals surface area contributed by atoms with Crippen molar-refractivity contribution in [1.29, 1.82) is 0 Å². The Morgan fingerprint density at radius 1 is 1.29 bits per heavy atom. The van der Waals surface area contributed by atoms with E-state index in [1.165, 1.54) is 25.3 Å². The number of fused-ring (bicyclic) bond motifs is 2. The summed E-state index contributed by atoms with van der Waals surface area (Å²) in [5, 5.41) is 8.81. The Kier molecular flexibility index (Phi) is 3.16. The molecule has 2 aliphatic rings. The molecule has 0 spiro atoms. The Labute approximate surface area is 127 Å². The van der Waals surface area contributed by atoms with Crippen molar-refractivity contribution >= 4 is 15.7 Å². The van der Waals surface area contributed by atoms with Crippen LogP contribution in [0.15, 0.2) is 29.2 Å². The summed E-state index contributed by atoms with van der Waals surface area (Å²) in [5.74, 6) is 0.751. The van der Waals surface area contributed by atoms with Gasteiger partial charge in [0.05, 0.1) is 4.90 Å². The van der Waals surface area contributed by atoms with Crippen LogP contribution in [-0.4, -0.2) is 14.5 Å². The minimum absolute atomic E-state index is 0.165. The third-order valence-electron chi connectivity index (χ3n) is 5.74. The standard InChI is InChI=1S/C16H24N2O2S/c1-15(2)11-7-8-16(3,10-11)14(15)18-12-5-4-6-13(9-12)21(17,19)20/h4-6,9,11,14,18H,7-8,10H2,1-3H3,(H2,17,19,20). The third kappa shape index (κ3) is 2.36. The number of nitrogens with two attached hydrogens (primary N) is 1. The van der Waals surface area contributed by atoms with Gasteiger partial charge in [0.1, 0.15) is 0 Å². The predicted octanol–water partition coefficient (Wildman–Crippen LogP) is 2.96. The fourth-order valence-electron chi connectivity index (χ4n) is 4.59. The fraction of sp³-hybridized carbons (Fsp3) is 0.625. The molecular formula is C16H24N2O2S. The number of hydrogen-bond donors (Lipinski definition) is 2. The Morgan fingerprint density at radius 2 is 2.00 bits per heavy atom. The Balaban J connectivity index is 1.91. The summed E-state index contributed by atoms with van der Waals surface area (Å²) in [5.41, 5.74) is 1.37. The number of sulfonamides is 1. The van der Waals surface area contributed by atoms with Gasteiger partial charge in [0.2, 0.25) is 10.0 Å². The zero-order valence-electron chi connectivity index (χ0n) is 12.9. The molecule has 4 nitrogen and oxygen atoms in total. The van der Waals surface area contributed by atoms with Crippen LogP contribution >= 0.6 is 0 Å². The van der Waals surface area contributed by atoms with Crippen LogP contribution in [0.25, 0.3) is 0 Å². The van der Waals surface area contributed by atoms with Crippen LogP contribution in [0.2, 0.25) is 0 Å². The third-order valence-corrected chi connectivity index (χ3v) is 6.65. The molecule has 21 heavy (non-hydrogen) atoms. The zero-order chi connectivity index (χ0) is 15.5. The van der Waals surface area contributed by atoms with Crippen LogP contribution in [0.5, 0.6) is 0 Å². The van der Waals surface area contributed by atoms with Crippen LogP contribution in [0.4, 0.5) is 5.69 Å². The molecular weight excluding hydrogens is 284 g/mol. The molecule has 1 aromatic rings. The largest absolute Gasteiger partial charge is 0.381 e. The van der Waals surface area contributed by atoms with Crippen molar-refractivity contribution in [2.45, 2.75) is 51.0 Å². The Morgan fingerprint density at radius 3 is 2.57 bits per heavy atom. The van der Waals surface area contributed by atoms with Crippen molar-refractivity contribution in [3.63, 3.8) is 0 Å². The van der Waals surface area contributed by atoms with Gasteiger partial charge in [0.15, 0.2) is 0 Å². The van der Waals surface area contributed by atoms with E-state index < -0.39 is 10.0 Å². The van der Waals surface area contributed by atoms with E-state index in [1.54, 1.807) is 12.1 Å². The molecule has 0 heterocycles. The highest BCUT2D eigenvalue weighted by molar-refractivity contribution is 7.89. The minimum atomic E-state index is -3.65. The summed E-state index contributed by atoms with van der Waals surface area (Å²) in [6.07, 6.45) is 3.80. The molecule has 1 aromatic carbocycles. The van der Waals surface area contributed by atoms with E-state index in [2.05, 4.69) is 26.1 Å². The quantitative estimate of drug-likeness (QED) is 0.901. The van der Waals surface area contributed by atoms with E-state index in [0.717, 1.165) is 11.6 Å². The van der Waals surface area contributed by atoms with Crippen molar-refractivity contribution < 1.29 is 8.42 Å². The van der Waals surface area contributed by atoms with Gasteiger partial charge in [-0.2, -0.15) is 0 Å². The van der Waals surface area contributed by atoms with E-state index >= 15 is 0 Å². The number of rotatable bonds is 3. The van der Waals surface area contributed by atoms with Crippen molar-refractivity contribution in [3.05, 3.63) is 24.3 Å². The van der Waals surface area contributed by atoms with Gasteiger partial charge in [-0.25, -0.2) is 13.6 Å². The number of anilines is 1. The van der Waals surface area contributed by atoms with Crippen molar-refractivity contribution in [1.82, 2.24) is 0 Å². The first-order chi connectivity index (χ1) is 9.63. The molecule has 3 rings (SSSR count). The molecule has 2 aliphatic carbocycles. The highest BCUT2D eigenvalue weighted by Crippen LogP contribution is 2.63. The lowest BCUT2D eigenvalue weighted by Gasteiger charge is -2.43. The number of primary sulfonamides is 1. The maximum Gasteiger partial charge on any atom is 0.238 e. The molecule has 2 bridgehead atoms. The zero-order valence-corrected chi connectivity index (χ0v) is 13.7. The molecule has 0 aliphatic heterocycles. The molecule has 116 valence electrons. The summed E-state index contributed by atoms with van der Waals surface area (Å²) in [7, 11) is -3.65. The molecule has 0 amide bonds. The SMILES string of the molecule is CC12CCC(C1)C(C)(C)C2Nc1cccc(S(N)(=O)=O)c1. The molecule has 0 radical (unpaired) electrons. The smallest absolute Gasteiger partial charge is 0.238 e. The van der Waals surface area contributed by atoms with Gasteiger partial charge < -0.3 is 5.32 Å². The average Bonchev–Trinajstić information content (AvgIpc) is 2.85. The van der Waals surface area contributed by atoms with Gasteiger partial charge in [0, 0.05) is 11.7 Å². The first-order valence-corrected chi connectivity index (χ1v) is 9.07. The summed E-state index contributed by atoms with van der Waals surface area (Å²) in [4.78, 5) is 0.165. The summed E-state index contributed by atoms with van der Waals surface area (Å²) in [6.45, 7) is 7.00. The Bertz CT molecular complexity index is 664. The van der Waals surface area contributed by atoms with Crippen molar-refractivity contribution in [2.75, 3.05) is 5.32 Å². The van der Waals surface area contributed by atoms with Gasteiger partial charge in [-0.3, -0.25) is 0 Å². The van der Waals surface area contributed by atoms with Crippen molar-refractivity contribution in [2.24, 2.45) is 21.9 Å². The maximum absolute atomic E-state index is 11.5. The molecule has 5 heteroatoms. The number of hydrogen-bond acceptors (Lipinski definition) is 3. The second kappa shape index (κ2) is 4.46. The van der Waals surface area contributed by atoms with E-state index in [1.807, 2.05) is 6.07 Å². The fourth-order valence-corrected chi connectivity index (χ4v) is 5.15. The molecule has 0 aromatic heterocycles. The van der Waals surface area contributed by atoms with Gasteiger partial charge in [-0.15, -0.1) is 0 Å². The lowest BCUT2D eigenvalue weighted by molar-refractivity contribution is 0.155. The highest BCUT2D eigenvalue weighted by Gasteiger charge is 2.59. The Hall–Kier alpha value is -1.07. The lowest BCUT2D eigenvalue weighted by Crippen LogP contribution is -2.45. The van der Waals surface area contributed by atoms with E-state index in [-0.39, 0.29) is 10.3 Å². The first kappa shape index (κ1) is 14.9. The molecule has 2 saturated carbocycles. The van der Waals surface area contributed by atoms with Crippen LogP contribution < -0.4 is 10.5 Å². The number of nitrogens with one attached hydrogen (secondary N) is 1. The minimum Gasteiger partial charge on any atom is -0.381 e. The molecule has 2 fully saturated rings. The van der Waals surface area contributed by atoms with Crippen LogP contribution in [0.1, 0.15) is 40.0 Å². The van der Waals surface area contributed by atoms with Crippen LogP contribution in [0.3, 0.4) is 0 Å². The molecule has 3 atom stereocenters. The van der Waals surface area contributed by atoms with E-state index in [9.17, 15) is 8.42 Å². The second-order valence-electron chi connectivity index (χ2n) is 7.57. The molecule has 3 N–H and O–H groups in total. The summed E-state index contributed by atoms with van der Waals surface area (Å²) < 4.78 is 23.0. The van der Waals surface area contributed by atoms with Gasteiger partial charge in [0.25, 0.3) is 0 Å². The number of benzene rings is 1. The predicted molar refractivity (Wildman–Crippen MR) is 84.5 cm³/mol. The van der Waals surface area contributed by atoms with Crippen LogP contribution in [-0.2, 0) is 10.0 Å². The monoisotopic (exact) mass is 308 g/mol. The first-order valence-electron chi connectivity index (χ1n) is 7.52. The molecule has 0 saturated heterocycles. The topological polar surface area (TPSA) is 72.2 Å². The summed E-state index contributed by atoms with van der Waals surface area (Å²) >= 11 is 0. The average molecular weight is 308 g/mol. The maximum atomic E-state index is 11.5. The van der Waals surface area contributed by atoms with Crippen molar-refractivity contribution in [3.8, 4) is 0 Å². The van der Waals surface area contributed by atoms with E-state index in [0.29, 0.717) is 11.5 Å². The van der Waals surface area contributed by atoms with Gasteiger partial charge >= 0.3 is 0 Å². The molecule has 3 unspecified atom stereocenters. The second-order valence-corrected chi connectivity index (χ2v) is 9.13. The van der Waals surface area contributed by atoms with Gasteiger partial charge in [-0.05, 0) is 54.2 Å².